The van der Waals surface area contributed by atoms with Gasteiger partial charge in [-0.05, 0) is 18.2 Å². The molecular formula is C25H29N5O2. The van der Waals surface area contributed by atoms with Crippen LogP contribution in [-0.4, -0.2) is 71.3 Å². The Morgan fingerprint density at radius 3 is 2.38 bits per heavy atom. The first-order chi connectivity index (χ1) is 15.6. The van der Waals surface area contributed by atoms with Gasteiger partial charge in [0.15, 0.2) is 0 Å². The standard InChI is InChI=1S/C25H29N5O2/c1-27-23-10-6-5-9-21(23)22(17-26)24(27)18-30(20-7-3-2-4-8-20)25(32)19-29-13-11-28(12-14-29)15-16-31/h2-10,31H,11-16,18-19H2,1H3. The van der Waals surface area contributed by atoms with Crippen molar-refractivity contribution < 1.29 is 9.90 Å². The first-order valence-electron chi connectivity index (χ1n) is 11.0. The van der Waals surface area contributed by atoms with E-state index < -0.39 is 0 Å². The number of aromatic nitrogens is 1. The zero-order chi connectivity index (χ0) is 22.5. The second kappa shape index (κ2) is 9.96. The highest BCUT2D eigenvalue weighted by Crippen LogP contribution is 2.27. The monoisotopic (exact) mass is 431 g/mol. The Morgan fingerprint density at radius 1 is 1.03 bits per heavy atom. The third-order valence-electron chi connectivity index (χ3n) is 6.26. The maximum absolute atomic E-state index is 13.5. The van der Waals surface area contributed by atoms with Crippen LogP contribution in [0.5, 0.6) is 0 Å². The average molecular weight is 432 g/mol. The van der Waals surface area contributed by atoms with Crippen LogP contribution < -0.4 is 4.90 Å². The van der Waals surface area contributed by atoms with Crippen LogP contribution in [0.2, 0.25) is 0 Å². The molecule has 1 aliphatic heterocycles. The SMILES string of the molecule is Cn1c(CN(C(=O)CN2CCN(CCO)CC2)c2ccccc2)c(C#N)c2ccccc21. The number of piperazine rings is 1. The number of rotatable bonds is 7. The van der Waals surface area contributed by atoms with Gasteiger partial charge in [-0.25, -0.2) is 0 Å². The molecule has 7 nitrogen and oxygen atoms in total. The lowest BCUT2D eigenvalue weighted by atomic mass is 10.1. The Bertz CT molecular complexity index is 1110. The summed E-state index contributed by atoms with van der Waals surface area (Å²) in [4.78, 5) is 19.7. The molecule has 3 aromatic rings. The first-order valence-corrected chi connectivity index (χ1v) is 11.0. The van der Waals surface area contributed by atoms with Crippen LogP contribution in [0.25, 0.3) is 10.9 Å². The molecule has 32 heavy (non-hydrogen) atoms. The largest absolute Gasteiger partial charge is 0.395 e. The molecule has 2 aromatic carbocycles. The van der Waals surface area contributed by atoms with Gasteiger partial charge in [0, 0.05) is 56.4 Å². The molecule has 7 heteroatoms. The molecule has 0 unspecified atom stereocenters. The smallest absolute Gasteiger partial charge is 0.241 e. The maximum Gasteiger partial charge on any atom is 0.241 e. The van der Waals surface area contributed by atoms with Crippen molar-refractivity contribution in [2.75, 3.05) is 50.8 Å². The predicted molar refractivity (Wildman–Crippen MR) is 125 cm³/mol. The molecule has 4 rings (SSSR count). The minimum absolute atomic E-state index is 0.0148. The third-order valence-corrected chi connectivity index (χ3v) is 6.26. The van der Waals surface area contributed by atoms with Gasteiger partial charge < -0.3 is 14.6 Å². The maximum atomic E-state index is 13.5. The second-order valence-electron chi connectivity index (χ2n) is 8.17. The van der Waals surface area contributed by atoms with Crippen LogP contribution in [0.4, 0.5) is 5.69 Å². The van der Waals surface area contributed by atoms with E-state index >= 15 is 0 Å². The minimum atomic E-state index is 0.0148. The number of aryl methyl sites for hydroxylation is 1. The number of hydrogen-bond donors (Lipinski definition) is 1. The van der Waals surface area contributed by atoms with Gasteiger partial charge in [-0.2, -0.15) is 5.26 Å². The summed E-state index contributed by atoms with van der Waals surface area (Å²) in [6.07, 6.45) is 0. The first kappa shape index (κ1) is 22.0. The van der Waals surface area contributed by atoms with Gasteiger partial charge >= 0.3 is 0 Å². The van der Waals surface area contributed by atoms with Crippen molar-refractivity contribution in [2.45, 2.75) is 6.54 Å². The predicted octanol–water partition coefficient (Wildman–Crippen LogP) is 2.19. The average Bonchev–Trinajstić information content (AvgIpc) is 3.10. The Hall–Kier alpha value is -3.18. The lowest BCUT2D eigenvalue weighted by molar-refractivity contribution is -0.120. The van der Waals surface area contributed by atoms with Gasteiger partial charge in [0.05, 0.1) is 31.0 Å². The quantitative estimate of drug-likeness (QED) is 0.621. The molecule has 0 spiro atoms. The van der Waals surface area contributed by atoms with Gasteiger partial charge in [-0.3, -0.25) is 14.6 Å². The van der Waals surface area contributed by atoms with Gasteiger partial charge in [0.2, 0.25) is 5.91 Å². The molecule has 0 aliphatic carbocycles. The van der Waals surface area contributed by atoms with Gasteiger partial charge in [0.1, 0.15) is 6.07 Å². The number of nitriles is 1. The molecular weight excluding hydrogens is 402 g/mol. The lowest BCUT2D eigenvalue weighted by Crippen LogP contribution is -2.50. The summed E-state index contributed by atoms with van der Waals surface area (Å²) < 4.78 is 2.02. The fourth-order valence-electron chi connectivity index (χ4n) is 4.43. The van der Waals surface area contributed by atoms with E-state index in [0.29, 0.717) is 25.2 Å². The summed E-state index contributed by atoms with van der Waals surface area (Å²) in [5.74, 6) is 0.0148. The van der Waals surface area contributed by atoms with Crippen LogP contribution in [0.3, 0.4) is 0 Å². The van der Waals surface area contributed by atoms with E-state index in [9.17, 15) is 10.1 Å². The topological polar surface area (TPSA) is 75.7 Å². The van der Waals surface area contributed by atoms with Crippen molar-refractivity contribution in [3.8, 4) is 6.07 Å². The molecule has 0 atom stereocenters. The number of nitrogens with zero attached hydrogens (tertiary/aromatic N) is 5. The summed E-state index contributed by atoms with van der Waals surface area (Å²) in [5, 5.41) is 19.9. The van der Waals surface area contributed by atoms with E-state index in [-0.39, 0.29) is 12.5 Å². The third kappa shape index (κ3) is 4.53. The molecule has 166 valence electrons. The molecule has 1 amide bonds. The number of fused-ring (bicyclic) bond motifs is 1. The van der Waals surface area contributed by atoms with Gasteiger partial charge in [-0.1, -0.05) is 36.4 Å². The van der Waals surface area contributed by atoms with Crippen LogP contribution in [0.15, 0.2) is 54.6 Å². The number of aliphatic hydroxyl groups excluding tert-OH is 1. The number of para-hydroxylation sites is 2. The van der Waals surface area contributed by atoms with Crippen molar-refractivity contribution >= 4 is 22.5 Å². The zero-order valence-corrected chi connectivity index (χ0v) is 18.4. The Kier molecular flexibility index (Phi) is 6.86. The molecule has 1 fully saturated rings. The number of aliphatic hydroxyl groups is 1. The molecule has 1 aliphatic rings. The van der Waals surface area contributed by atoms with E-state index in [0.717, 1.165) is 48.5 Å². The minimum Gasteiger partial charge on any atom is -0.395 e. The number of hydrogen-bond acceptors (Lipinski definition) is 5. The molecule has 0 saturated carbocycles. The van der Waals surface area contributed by atoms with Gasteiger partial charge in [-0.15, -0.1) is 0 Å². The molecule has 1 aromatic heterocycles. The van der Waals surface area contributed by atoms with Crippen LogP contribution in [-0.2, 0) is 18.4 Å². The number of β-amino-alcohol motifs (C(OH)–C–C–N with tert-alkyl or cyclic N) is 1. The number of carbonyl (C=O) groups is 1. The molecule has 0 radical (unpaired) electrons. The molecule has 0 bridgehead atoms. The molecule has 2 heterocycles. The fraction of sp³-hybridized carbons (Fsp3) is 0.360. The van der Waals surface area contributed by atoms with Crippen molar-refractivity contribution in [2.24, 2.45) is 7.05 Å². The zero-order valence-electron chi connectivity index (χ0n) is 18.4. The number of benzene rings is 2. The summed E-state index contributed by atoms with van der Waals surface area (Å²) in [7, 11) is 1.95. The summed E-state index contributed by atoms with van der Waals surface area (Å²) in [6, 6.07) is 19.9. The van der Waals surface area contributed by atoms with Crippen LogP contribution in [0, 0.1) is 11.3 Å². The highest BCUT2D eigenvalue weighted by molar-refractivity contribution is 5.95. The normalized spacial score (nSPS) is 15.0. The molecule has 1 N–H and O–H groups in total. The van der Waals surface area contributed by atoms with E-state index in [1.54, 1.807) is 4.90 Å². The lowest BCUT2D eigenvalue weighted by Gasteiger charge is -2.35. The van der Waals surface area contributed by atoms with Gasteiger partial charge in [0.25, 0.3) is 0 Å². The van der Waals surface area contributed by atoms with Crippen molar-refractivity contribution in [1.82, 2.24) is 14.4 Å². The Labute approximate surface area is 188 Å². The highest BCUT2D eigenvalue weighted by Gasteiger charge is 2.25. The van der Waals surface area contributed by atoms with Crippen LogP contribution in [0.1, 0.15) is 11.3 Å². The molecule has 1 saturated heterocycles. The number of anilines is 1. The summed E-state index contributed by atoms with van der Waals surface area (Å²) in [6.45, 7) is 4.79. The van der Waals surface area contributed by atoms with E-state index in [2.05, 4.69) is 15.9 Å². The Morgan fingerprint density at radius 2 is 1.69 bits per heavy atom. The summed E-state index contributed by atoms with van der Waals surface area (Å²) >= 11 is 0. The summed E-state index contributed by atoms with van der Waals surface area (Å²) in [5.41, 5.74) is 3.26. The number of carbonyl (C=O) groups excluding carboxylic acids is 1. The van der Waals surface area contributed by atoms with E-state index in [1.807, 2.05) is 66.2 Å². The van der Waals surface area contributed by atoms with Crippen molar-refractivity contribution in [3.05, 3.63) is 65.9 Å². The fourth-order valence-corrected chi connectivity index (χ4v) is 4.43. The van der Waals surface area contributed by atoms with Crippen molar-refractivity contribution in [3.63, 3.8) is 0 Å². The van der Waals surface area contributed by atoms with Crippen LogP contribution >= 0.6 is 0 Å². The number of amides is 1. The van der Waals surface area contributed by atoms with E-state index in [1.165, 1.54) is 0 Å². The van der Waals surface area contributed by atoms with Crippen molar-refractivity contribution in [1.29, 1.82) is 5.26 Å². The highest BCUT2D eigenvalue weighted by atomic mass is 16.3. The van der Waals surface area contributed by atoms with E-state index in [4.69, 9.17) is 5.11 Å². The second-order valence-corrected chi connectivity index (χ2v) is 8.17. The Balaban J connectivity index is 1.59.